The second-order valence-electron chi connectivity index (χ2n) is 5.30. The lowest BCUT2D eigenvalue weighted by Gasteiger charge is -2.35. The molecule has 0 saturated carbocycles. The quantitative estimate of drug-likeness (QED) is 0.783. The Morgan fingerprint density at radius 3 is 3.10 bits per heavy atom. The standard InChI is InChI=1S/C14H18N5OS/c1-10-14(21-9-16-10)12(5-15)19-3-4-20-13(8-19)11-6-17-18(2)7-11/h6-7,9,11-13H,3-4,8H2,1-2H3/q+1. The molecule has 0 radical (unpaired) electrons. The van der Waals surface area contributed by atoms with Crippen LogP contribution in [0.5, 0.6) is 0 Å². The third kappa shape index (κ3) is 2.88. The Hall–Kier alpha value is -1.62. The average Bonchev–Trinajstić information content (AvgIpc) is 3.10. The Kier molecular flexibility index (Phi) is 4.10. The monoisotopic (exact) mass is 304 g/mol. The second kappa shape index (κ2) is 6.02. The van der Waals surface area contributed by atoms with Crippen LogP contribution in [0.2, 0.25) is 0 Å². The molecule has 1 saturated heterocycles. The number of aromatic nitrogens is 1. The number of hydrogen-bond acceptors (Lipinski definition) is 6. The van der Waals surface area contributed by atoms with Gasteiger partial charge in [-0.3, -0.25) is 4.90 Å². The van der Waals surface area contributed by atoms with Gasteiger partial charge in [0.15, 0.2) is 13.3 Å². The van der Waals surface area contributed by atoms with Crippen molar-refractivity contribution in [2.45, 2.75) is 19.1 Å². The van der Waals surface area contributed by atoms with Crippen molar-refractivity contribution < 1.29 is 9.42 Å². The molecule has 0 amide bonds. The molecule has 0 N–H and O–H groups in total. The number of rotatable bonds is 3. The number of hydrogen-bond donors (Lipinski definition) is 0. The summed E-state index contributed by atoms with van der Waals surface area (Å²) in [6, 6.07) is 2.19. The highest BCUT2D eigenvalue weighted by Crippen LogP contribution is 2.29. The summed E-state index contributed by atoms with van der Waals surface area (Å²) < 4.78 is 7.68. The van der Waals surface area contributed by atoms with Crippen molar-refractivity contribution in [3.05, 3.63) is 16.1 Å². The van der Waals surface area contributed by atoms with Crippen LogP contribution in [0.1, 0.15) is 16.6 Å². The van der Waals surface area contributed by atoms with Gasteiger partial charge in [0.2, 0.25) is 0 Å². The zero-order valence-corrected chi connectivity index (χ0v) is 13.0. The summed E-state index contributed by atoms with van der Waals surface area (Å²) in [5, 5.41) is 13.8. The van der Waals surface area contributed by atoms with Gasteiger partial charge in [-0.2, -0.15) is 5.26 Å². The molecule has 0 aliphatic carbocycles. The van der Waals surface area contributed by atoms with E-state index >= 15 is 0 Å². The zero-order chi connectivity index (χ0) is 14.8. The molecule has 3 heterocycles. The van der Waals surface area contributed by atoms with Crippen molar-refractivity contribution in [1.82, 2.24) is 9.88 Å². The Morgan fingerprint density at radius 1 is 1.62 bits per heavy atom. The summed E-state index contributed by atoms with van der Waals surface area (Å²) in [4.78, 5) is 7.49. The minimum atomic E-state index is -0.236. The number of nitrogens with zero attached hydrogens (tertiary/aromatic N) is 5. The summed E-state index contributed by atoms with van der Waals surface area (Å²) >= 11 is 1.55. The van der Waals surface area contributed by atoms with Crippen molar-refractivity contribution in [3.63, 3.8) is 0 Å². The highest BCUT2D eigenvalue weighted by Gasteiger charge is 2.35. The van der Waals surface area contributed by atoms with Crippen LogP contribution in [0.15, 0.2) is 10.6 Å². The average molecular weight is 304 g/mol. The Bertz CT molecular complexity index is 617. The number of thiazole rings is 1. The Morgan fingerprint density at radius 2 is 2.48 bits per heavy atom. The van der Waals surface area contributed by atoms with E-state index in [0.717, 1.165) is 23.7 Å². The van der Waals surface area contributed by atoms with Gasteiger partial charge in [-0.05, 0) is 12.0 Å². The van der Waals surface area contributed by atoms with Crippen LogP contribution in [-0.4, -0.2) is 59.8 Å². The maximum atomic E-state index is 9.57. The molecule has 6 nitrogen and oxygen atoms in total. The maximum absolute atomic E-state index is 9.57. The fraction of sp³-hybridized carbons (Fsp3) is 0.571. The first-order chi connectivity index (χ1) is 10.2. The molecule has 1 fully saturated rings. The van der Waals surface area contributed by atoms with E-state index in [2.05, 4.69) is 21.1 Å². The van der Waals surface area contributed by atoms with Gasteiger partial charge in [0.25, 0.3) is 0 Å². The summed E-state index contributed by atoms with van der Waals surface area (Å²) in [5.41, 5.74) is 2.75. The molecule has 7 heteroatoms. The maximum Gasteiger partial charge on any atom is 0.183 e. The van der Waals surface area contributed by atoms with E-state index in [9.17, 15) is 5.26 Å². The molecule has 110 valence electrons. The lowest BCUT2D eigenvalue weighted by atomic mass is 10.0. The highest BCUT2D eigenvalue weighted by atomic mass is 32.1. The third-order valence-electron chi connectivity index (χ3n) is 3.88. The van der Waals surface area contributed by atoms with Crippen LogP contribution in [0.3, 0.4) is 0 Å². The van der Waals surface area contributed by atoms with Crippen LogP contribution in [-0.2, 0) is 4.74 Å². The van der Waals surface area contributed by atoms with E-state index in [4.69, 9.17) is 4.74 Å². The van der Waals surface area contributed by atoms with Gasteiger partial charge < -0.3 is 4.74 Å². The van der Waals surface area contributed by atoms with Gasteiger partial charge in [0.05, 0.1) is 41.1 Å². The summed E-state index contributed by atoms with van der Waals surface area (Å²) in [6.45, 7) is 4.10. The molecular formula is C14H18N5OS+. The molecule has 3 rings (SSSR count). The first-order valence-corrected chi connectivity index (χ1v) is 7.84. The molecule has 2 aliphatic rings. The van der Waals surface area contributed by atoms with Crippen molar-refractivity contribution in [3.8, 4) is 6.07 Å². The fourth-order valence-electron chi connectivity index (χ4n) is 2.74. The van der Waals surface area contributed by atoms with E-state index in [1.54, 1.807) is 16.8 Å². The molecule has 3 unspecified atom stereocenters. The van der Waals surface area contributed by atoms with Gasteiger partial charge in [-0.1, -0.05) is 4.68 Å². The number of nitriles is 1. The largest absolute Gasteiger partial charge is 0.374 e. The van der Waals surface area contributed by atoms with E-state index in [-0.39, 0.29) is 18.1 Å². The van der Waals surface area contributed by atoms with E-state index < -0.39 is 0 Å². The molecule has 1 aromatic rings. The minimum absolute atomic E-state index is 0.0523. The minimum Gasteiger partial charge on any atom is -0.374 e. The number of aryl methyl sites for hydroxylation is 1. The van der Waals surface area contributed by atoms with Gasteiger partial charge in [0.1, 0.15) is 12.0 Å². The normalized spacial score (nSPS) is 27.4. The second-order valence-corrected chi connectivity index (χ2v) is 6.19. The Labute approximate surface area is 128 Å². The fourth-order valence-corrected chi connectivity index (χ4v) is 3.62. The van der Waals surface area contributed by atoms with Crippen LogP contribution in [0.4, 0.5) is 0 Å². The molecule has 21 heavy (non-hydrogen) atoms. The Balaban J connectivity index is 1.75. The SMILES string of the molecule is Cc1ncsc1C(C#N)N1CCOC(C2C=N[N+](C)=C2)C1. The van der Waals surface area contributed by atoms with Gasteiger partial charge in [0, 0.05) is 13.1 Å². The van der Waals surface area contributed by atoms with E-state index in [0.29, 0.717) is 6.61 Å². The lowest BCUT2D eigenvalue weighted by Crippen LogP contribution is -2.47. The number of ether oxygens (including phenoxy) is 1. The molecular weight excluding hydrogens is 286 g/mol. The molecule has 3 atom stereocenters. The molecule has 0 bridgehead atoms. The number of hydrazone groups is 1. The van der Waals surface area contributed by atoms with Crippen LogP contribution >= 0.6 is 11.3 Å². The van der Waals surface area contributed by atoms with Crippen molar-refractivity contribution >= 4 is 23.8 Å². The highest BCUT2D eigenvalue weighted by molar-refractivity contribution is 7.09. The van der Waals surface area contributed by atoms with Gasteiger partial charge in [-0.25, -0.2) is 4.98 Å². The topological polar surface area (TPSA) is 64.5 Å². The third-order valence-corrected chi connectivity index (χ3v) is 4.86. The summed E-state index contributed by atoms with van der Waals surface area (Å²) in [5.74, 6) is 0.180. The van der Waals surface area contributed by atoms with Crippen molar-refractivity contribution in [2.75, 3.05) is 26.7 Å². The molecule has 0 spiro atoms. The summed E-state index contributed by atoms with van der Waals surface area (Å²) in [7, 11) is 1.91. The lowest BCUT2D eigenvalue weighted by molar-refractivity contribution is -0.494. The van der Waals surface area contributed by atoms with Crippen LogP contribution in [0, 0.1) is 24.2 Å². The first kappa shape index (κ1) is 14.3. The van der Waals surface area contributed by atoms with Crippen LogP contribution in [0.25, 0.3) is 0 Å². The van der Waals surface area contributed by atoms with Gasteiger partial charge in [-0.15, -0.1) is 11.3 Å². The smallest absolute Gasteiger partial charge is 0.183 e. The molecule has 2 aliphatic heterocycles. The predicted molar refractivity (Wildman–Crippen MR) is 80.7 cm³/mol. The van der Waals surface area contributed by atoms with Crippen molar-refractivity contribution in [1.29, 1.82) is 5.26 Å². The predicted octanol–water partition coefficient (Wildman–Crippen LogP) is 1.05. The molecule has 0 aromatic carbocycles. The van der Waals surface area contributed by atoms with Crippen LogP contribution < -0.4 is 0 Å². The first-order valence-electron chi connectivity index (χ1n) is 6.96. The molecule has 1 aromatic heterocycles. The van der Waals surface area contributed by atoms with Gasteiger partial charge >= 0.3 is 0 Å². The van der Waals surface area contributed by atoms with E-state index in [1.807, 2.05) is 31.1 Å². The summed E-state index contributed by atoms with van der Waals surface area (Å²) in [6.07, 6.45) is 4.01. The van der Waals surface area contributed by atoms with Crippen molar-refractivity contribution in [2.24, 2.45) is 11.0 Å². The number of morpholine rings is 1. The zero-order valence-electron chi connectivity index (χ0n) is 12.1. The van der Waals surface area contributed by atoms with E-state index in [1.165, 1.54) is 0 Å².